The molecular formula is C13H14N2O3. The summed E-state index contributed by atoms with van der Waals surface area (Å²) in [5, 5.41) is 2.71. The summed E-state index contributed by atoms with van der Waals surface area (Å²) in [6.45, 7) is 3.55. The quantitative estimate of drug-likeness (QED) is 0.866. The van der Waals surface area contributed by atoms with Gasteiger partial charge in [0.1, 0.15) is 11.3 Å². The van der Waals surface area contributed by atoms with Crippen molar-refractivity contribution in [1.82, 2.24) is 10.3 Å². The smallest absolute Gasteiger partial charge is 0.260 e. The van der Waals surface area contributed by atoms with Gasteiger partial charge in [0.05, 0.1) is 12.3 Å². The normalized spacial score (nSPS) is 12.1. The molecule has 0 saturated heterocycles. The molecule has 0 aromatic carbocycles. The number of rotatable bonds is 3. The zero-order valence-corrected chi connectivity index (χ0v) is 10.2. The maximum atomic E-state index is 11.9. The number of aromatic nitrogens is 1. The minimum absolute atomic E-state index is 0.0963. The lowest BCUT2D eigenvalue weighted by Gasteiger charge is -2.10. The fourth-order valence-corrected chi connectivity index (χ4v) is 1.63. The number of hydrogen-bond donors (Lipinski definition) is 2. The largest absolute Gasteiger partial charge is 0.467 e. The molecule has 2 aromatic rings. The maximum absolute atomic E-state index is 11.9. The van der Waals surface area contributed by atoms with Crippen LogP contribution in [0.2, 0.25) is 0 Å². The van der Waals surface area contributed by atoms with Gasteiger partial charge in [-0.1, -0.05) is 0 Å². The Bertz CT molecular complexity index is 599. The van der Waals surface area contributed by atoms with Crippen LogP contribution in [0.3, 0.4) is 0 Å². The molecule has 0 saturated carbocycles. The van der Waals surface area contributed by atoms with E-state index in [1.807, 2.05) is 0 Å². The van der Waals surface area contributed by atoms with Gasteiger partial charge >= 0.3 is 0 Å². The van der Waals surface area contributed by atoms with Crippen molar-refractivity contribution >= 4 is 5.91 Å². The molecule has 5 nitrogen and oxygen atoms in total. The molecular weight excluding hydrogens is 232 g/mol. The number of carbonyl (C=O) groups is 1. The summed E-state index contributed by atoms with van der Waals surface area (Å²) in [5.41, 5.74) is 0.425. The van der Waals surface area contributed by atoms with Gasteiger partial charge in [-0.05, 0) is 38.1 Å². The van der Waals surface area contributed by atoms with Gasteiger partial charge in [0.15, 0.2) is 0 Å². The highest BCUT2D eigenvalue weighted by Crippen LogP contribution is 2.12. The zero-order valence-electron chi connectivity index (χ0n) is 10.2. The van der Waals surface area contributed by atoms with Crippen LogP contribution in [0.4, 0.5) is 0 Å². The van der Waals surface area contributed by atoms with Gasteiger partial charge in [-0.25, -0.2) is 0 Å². The molecule has 2 N–H and O–H groups in total. The van der Waals surface area contributed by atoms with E-state index in [-0.39, 0.29) is 17.2 Å². The van der Waals surface area contributed by atoms with Crippen LogP contribution in [0.1, 0.15) is 34.8 Å². The molecule has 18 heavy (non-hydrogen) atoms. The van der Waals surface area contributed by atoms with Gasteiger partial charge in [-0.3, -0.25) is 9.59 Å². The van der Waals surface area contributed by atoms with Crippen LogP contribution in [-0.4, -0.2) is 10.9 Å². The molecule has 0 unspecified atom stereocenters. The van der Waals surface area contributed by atoms with Crippen LogP contribution in [0, 0.1) is 6.92 Å². The second kappa shape index (κ2) is 4.91. The number of aryl methyl sites for hydroxylation is 1. The summed E-state index contributed by atoms with van der Waals surface area (Å²) in [6, 6.07) is 6.43. The Hall–Kier alpha value is -2.30. The third-order valence-corrected chi connectivity index (χ3v) is 2.62. The second-order valence-electron chi connectivity index (χ2n) is 4.09. The van der Waals surface area contributed by atoms with Crippen LogP contribution < -0.4 is 10.9 Å². The van der Waals surface area contributed by atoms with E-state index in [2.05, 4.69) is 10.3 Å². The highest BCUT2D eigenvalue weighted by atomic mass is 16.3. The Morgan fingerprint density at radius 2 is 2.17 bits per heavy atom. The van der Waals surface area contributed by atoms with Crippen LogP contribution in [-0.2, 0) is 0 Å². The summed E-state index contributed by atoms with van der Waals surface area (Å²) in [7, 11) is 0. The lowest BCUT2D eigenvalue weighted by atomic mass is 10.2. The number of pyridine rings is 1. The lowest BCUT2D eigenvalue weighted by molar-refractivity contribution is 0.0934. The minimum atomic E-state index is -0.417. The molecule has 0 aliphatic heterocycles. The molecule has 0 aliphatic carbocycles. The Morgan fingerprint density at radius 3 is 2.78 bits per heavy atom. The molecule has 0 aliphatic rings. The SMILES string of the molecule is Cc1ccc(C(=O)N[C@H](C)c2ccco2)c(=O)[nH]1. The standard InChI is InChI=1S/C13H14N2O3/c1-8-5-6-10(12(16)14-8)13(17)15-9(2)11-4-3-7-18-11/h3-7,9H,1-2H3,(H,14,16)(H,15,17)/t9-/m1/s1. The van der Waals surface area contributed by atoms with E-state index < -0.39 is 5.91 Å². The van der Waals surface area contributed by atoms with E-state index >= 15 is 0 Å². The van der Waals surface area contributed by atoms with Crippen molar-refractivity contribution in [1.29, 1.82) is 0 Å². The first-order valence-electron chi connectivity index (χ1n) is 5.62. The van der Waals surface area contributed by atoms with Gasteiger partial charge in [-0.15, -0.1) is 0 Å². The Kier molecular flexibility index (Phi) is 3.32. The van der Waals surface area contributed by atoms with Crippen LogP contribution in [0.25, 0.3) is 0 Å². The monoisotopic (exact) mass is 246 g/mol. The number of H-pyrrole nitrogens is 1. The molecule has 0 bridgehead atoms. The van der Waals surface area contributed by atoms with Gasteiger partial charge < -0.3 is 14.7 Å². The summed E-state index contributed by atoms with van der Waals surface area (Å²) in [5.74, 6) is 0.229. The maximum Gasteiger partial charge on any atom is 0.260 e. The first-order valence-corrected chi connectivity index (χ1v) is 5.62. The van der Waals surface area contributed by atoms with Crippen LogP contribution >= 0.6 is 0 Å². The van der Waals surface area contributed by atoms with Gasteiger partial charge in [0.25, 0.3) is 11.5 Å². The van der Waals surface area contributed by atoms with Gasteiger partial charge in [0.2, 0.25) is 0 Å². The molecule has 2 rings (SSSR count). The van der Waals surface area contributed by atoms with E-state index in [1.165, 1.54) is 12.3 Å². The first-order chi connectivity index (χ1) is 8.58. The van der Waals surface area contributed by atoms with Crippen molar-refractivity contribution in [3.63, 3.8) is 0 Å². The number of carbonyl (C=O) groups excluding carboxylic acids is 1. The molecule has 2 heterocycles. The average Bonchev–Trinajstić information content (AvgIpc) is 2.81. The Labute approximate surface area is 104 Å². The van der Waals surface area contributed by atoms with Crippen molar-refractivity contribution in [3.8, 4) is 0 Å². The summed E-state index contributed by atoms with van der Waals surface area (Å²) in [4.78, 5) is 26.1. The molecule has 5 heteroatoms. The van der Waals surface area contributed by atoms with E-state index in [9.17, 15) is 9.59 Å². The van der Waals surface area contributed by atoms with E-state index in [4.69, 9.17) is 4.42 Å². The van der Waals surface area contributed by atoms with Gasteiger partial charge in [0, 0.05) is 5.69 Å². The molecule has 2 aromatic heterocycles. The predicted molar refractivity (Wildman–Crippen MR) is 66.4 cm³/mol. The minimum Gasteiger partial charge on any atom is -0.467 e. The first kappa shape index (κ1) is 12.2. The summed E-state index contributed by atoms with van der Waals surface area (Å²) < 4.78 is 5.18. The molecule has 1 atom stereocenters. The number of furan rings is 1. The number of amides is 1. The average molecular weight is 246 g/mol. The number of nitrogens with one attached hydrogen (secondary N) is 2. The summed E-state index contributed by atoms with van der Waals surface area (Å²) >= 11 is 0. The number of hydrogen-bond acceptors (Lipinski definition) is 3. The second-order valence-corrected chi connectivity index (χ2v) is 4.09. The Morgan fingerprint density at radius 1 is 1.39 bits per heavy atom. The van der Waals surface area contributed by atoms with E-state index in [1.54, 1.807) is 32.0 Å². The highest BCUT2D eigenvalue weighted by molar-refractivity contribution is 5.93. The van der Waals surface area contributed by atoms with Crippen molar-refractivity contribution < 1.29 is 9.21 Å². The molecule has 0 radical (unpaired) electrons. The zero-order chi connectivity index (χ0) is 13.1. The molecule has 94 valence electrons. The van der Waals surface area contributed by atoms with E-state index in [0.717, 1.165) is 5.69 Å². The van der Waals surface area contributed by atoms with Gasteiger partial charge in [-0.2, -0.15) is 0 Å². The van der Waals surface area contributed by atoms with Crippen molar-refractivity contribution in [2.24, 2.45) is 0 Å². The highest BCUT2D eigenvalue weighted by Gasteiger charge is 2.15. The van der Waals surface area contributed by atoms with Crippen molar-refractivity contribution in [2.75, 3.05) is 0 Å². The van der Waals surface area contributed by atoms with Crippen molar-refractivity contribution in [2.45, 2.75) is 19.9 Å². The van der Waals surface area contributed by atoms with Crippen molar-refractivity contribution in [3.05, 3.63) is 57.9 Å². The molecule has 0 spiro atoms. The fraction of sp³-hybridized carbons (Fsp3) is 0.231. The molecule has 0 fully saturated rings. The van der Waals surface area contributed by atoms with Crippen LogP contribution in [0.5, 0.6) is 0 Å². The lowest BCUT2D eigenvalue weighted by Crippen LogP contribution is -2.31. The summed E-state index contributed by atoms with van der Waals surface area (Å²) in [6.07, 6.45) is 1.54. The third kappa shape index (κ3) is 2.51. The number of aromatic amines is 1. The predicted octanol–water partition coefficient (Wildman–Crippen LogP) is 1.77. The van der Waals surface area contributed by atoms with E-state index in [0.29, 0.717) is 5.76 Å². The third-order valence-electron chi connectivity index (χ3n) is 2.62. The van der Waals surface area contributed by atoms with Crippen LogP contribution in [0.15, 0.2) is 39.7 Å². The topological polar surface area (TPSA) is 75.1 Å². The Balaban J connectivity index is 2.15. The molecule has 1 amide bonds. The fourth-order valence-electron chi connectivity index (χ4n) is 1.63.